The Morgan fingerprint density at radius 1 is 0.464 bits per heavy atom. The monoisotopic (exact) mass is 789 g/mol. The molecule has 10 rings (SSSR count). The number of rotatable bonds is 5. The first-order valence-electron chi connectivity index (χ1n) is 22.1. The van der Waals surface area contributed by atoms with Crippen molar-refractivity contribution in [2.24, 2.45) is 35.5 Å². The molecule has 5 unspecified atom stereocenters. The molecule has 1 aliphatic carbocycles. The number of hydrogen-bond acceptors (Lipinski definition) is 9. The second-order valence-electron chi connectivity index (χ2n) is 18.6. The van der Waals surface area contributed by atoms with Gasteiger partial charge in [0.15, 0.2) is 0 Å². The van der Waals surface area contributed by atoms with Gasteiger partial charge in [-0.3, -0.25) is 0 Å². The van der Waals surface area contributed by atoms with E-state index in [0.29, 0.717) is 40.8 Å². The lowest BCUT2D eigenvalue weighted by molar-refractivity contribution is -0.115. The summed E-state index contributed by atoms with van der Waals surface area (Å²) in [6, 6.07) is -0.581. The van der Waals surface area contributed by atoms with E-state index in [-0.39, 0.29) is 76.3 Å². The Labute approximate surface area is 350 Å². The van der Waals surface area contributed by atoms with E-state index in [9.17, 15) is 0 Å². The van der Waals surface area contributed by atoms with Crippen molar-refractivity contribution in [1.82, 2.24) is 0 Å². The second kappa shape index (κ2) is 17.6. The van der Waals surface area contributed by atoms with Crippen LogP contribution in [0.3, 0.4) is 0 Å². The van der Waals surface area contributed by atoms with Crippen LogP contribution < -0.4 is 0 Å². The van der Waals surface area contributed by atoms with Crippen LogP contribution in [-0.4, -0.2) is 146 Å². The van der Waals surface area contributed by atoms with Crippen LogP contribution in [-0.2, 0) is 37.9 Å². The highest BCUT2D eigenvalue weighted by Crippen LogP contribution is 2.54. The van der Waals surface area contributed by atoms with Crippen molar-refractivity contribution >= 4 is 51.0 Å². The van der Waals surface area contributed by atoms with Crippen molar-refractivity contribution in [3.8, 4) is 0 Å². The normalized spacial score (nSPS) is 54.7. The lowest BCUT2D eigenvalue weighted by atomic mass is 9.78. The third-order valence-electron chi connectivity index (χ3n) is 16.6. The van der Waals surface area contributed by atoms with Crippen LogP contribution in [0.1, 0.15) is 121 Å². The minimum atomic E-state index is -0.206. The molecule has 20 atom stereocenters. The average molecular weight is 788 g/mol. The summed E-state index contributed by atoms with van der Waals surface area (Å²) in [6.45, 7) is 24.1. The predicted octanol–water partition coefficient (Wildman–Crippen LogP) is 5.59. The maximum absolute atomic E-state index is 5.85. The number of fused-ring (bicyclic) bond motifs is 10. The van der Waals surface area contributed by atoms with Gasteiger partial charge in [-0.1, -0.05) is 69.2 Å². The summed E-state index contributed by atoms with van der Waals surface area (Å²) in [5.74, 6) is 4.48. The zero-order chi connectivity index (χ0) is 41.0. The van der Waals surface area contributed by atoms with Gasteiger partial charge < -0.3 is 37.9 Å². The summed E-state index contributed by atoms with van der Waals surface area (Å²) >= 11 is 1.98. The lowest BCUT2D eigenvalue weighted by Crippen LogP contribution is -2.42. The molecule has 0 spiro atoms. The van der Waals surface area contributed by atoms with E-state index in [1.807, 2.05) is 11.8 Å². The molecule has 1 saturated carbocycles. The van der Waals surface area contributed by atoms with E-state index in [1.54, 1.807) is 0 Å². The molecule has 306 valence electrons. The van der Waals surface area contributed by atoms with E-state index < -0.39 is 0 Å². The molecule has 10 radical (unpaired) electrons. The van der Waals surface area contributed by atoms with Gasteiger partial charge in [-0.2, -0.15) is 11.8 Å². The van der Waals surface area contributed by atoms with E-state index in [2.05, 4.69) is 69.2 Å². The van der Waals surface area contributed by atoms with Gasteiger partial charge in [-0.25, -0.2) is 0 Å². The van der Waals surface area contributed by atoms with Crippen LogP contribution in [0.2, 0.25) is 0 Å². The molecule has 8 nitrogen and oxygen atoms in total. The minimum absolute atomic E-state index is 0.0105. The van der Waals surface area contributed by atoms with Crippen LogP contribution >= 0.6 is 11.8 Å². The van der Waals surface area contributed by atoms with Crippen molar-refractivity contribution in [2.45, 2.75) is 202 Å². The van der Waals surface area contributed by atoms with Crippen molar-refractivity contribution in [3.05, 3.63) is 0 Å². The first-order chi connectivity index (χ1) is 26.5. The molecule has 56 heavy (non-hydrogen) atoms. The maximum Gasteiger partial charge on any atom is 0.112 e. The molecule has 0 N–H and O–H groups in total. The third-order valence-corrected chi connectivity index (χ3v) is 18.3. The summed E-state index contributed by atoms with van der Waals surface area (Å²) in [5.41, 5.74) is 0.162. The molecule has 0 aromatic heterocycles. The molecule has 14 heteroatoms. The van der Waals surface area contributed by atoms with E-state index >= 15 is 0 Å². The van der Waals surface area contributed by atoms with Gasteiger partial charge in [0.25, 0.3) is 0 Å². The second-order valence-corrected chi connectivity index (χ2v) is 19.7. The molecule has 10 aliphatic rings. The Kier molecular flexibility index (Phi) is 14.4. The molecular formula is C42H69B5O8S. The summed E-state index contributed by atoms with van der Waals surface area (Å²) in [6.07, 6.45) is 9.15. The fourth-order valence-electron chi connectivity index (χ4n) is 11.9. The highest BCUT2D eigenvalue weighted by molar-refractivity contribution is 8.00. The standard InChI is InChI=1S/C9H15BO2.C9H15BO.2C8H13BO2.C8H13BOS/c1-3-9-4-5-11-7(6(9)2)8(10)12-9;1-3-9-5-4-7(6(9)2)8(10)11-9;2*1-3-8-4-10-6(5(8)2)7(9)11-8;1-3-8-4-11-6(5(8)2)7(9)10-8/h6-8H,3-5H2,1-2H3;6-8H,3-5H2,1-2H3;3*5-7H,3-4H2,1-2H3/t2*6-,7?,8-,9+;5-,6?,7+,8+;2*5-,6?,7-,8+/m11011/s1. The lowest BCUT2D eigenvalue weighted by Gasteiger charge is -2.36. The fourth-order valence-corrected chi connectivity index (χ4v) is 13.7. The molecule has 9 aliphatic heterocycles. The highest BCUT2D eigenvalue weighted by atomic mass is 32.2. The fraction of sp³-hybridized carbons (Fsp3) is 1.00. The molecule has 9 heterocycles. The minimum Gasteiger partial charge on any atom is -0.381 e. The topological polar surface area (TPSA) is 73.8 Å². The van der Waals surface area contributed by atoms with Gasteiger partial charge in [0.2, 0.25) is 0 Å². The molecule has 10 bridgehead atoms. The molecule has 0 aromatic carbocycles. The Balaban J connectivity index is 0.000000119. The first-order valence-corrected chi connectivity index (χ1v) is 23.2. The molecule has 10 fully saturated rings. The summed E-state index contributed by atoms with van der Waals surface area (Å²) in [7, 11) is 28.9. The van der Waals surface area contributed by atoms with Crippen LogP contribution in [0, 0.1) is 35.5 Å². The molecule has 0 aromatic rings. The quantitative estimate of drug-likeness (QED) is 0.332. The van der Waals surface area contributed by atoms with Crippen molar-refractivity contribution in [1.29, 1.82) is 0 Å². The largest absolute Gasteiger partial charge is 0.381 e. The average Bonchev–Trinajstić information content (AvgIpc) is 4.07. The highest BCUT2D eigenvalue weighted by Gasteiger charge is 2.58. The van der Waals surface area contributed by atoms with E-state index in [1.165, 1.54) is 12.8 Å². The Morgan fingerprint density at radius 2 is 0.875 bits per heavy atom. The maximum atomic E-state index is 5.85. The van der Waals surface area contributed by atoms with Gasteiger partial charge in [0, 0.05) is 71.8 Å². The summed E-state index contributed by atoms with van der Waals surface area (Å²) in [5, 5.41) is 0.551. The molecule has 0 amide bonds. The summed E-state index contributed by atoms with van der Waals surface area (Å²) in [4.78, 5) is 0. The zero-order valence-electron chi connectivity index (χ0n) is 36.2. The third kappa shape index (κ3) is 7.74. The van der Waals surface area contributed by atoms with E-state index in [4.69, 9.17) is 77.1 Å². The first kappa shape index (κ1) is 45.9. The SMILES string of the molecule is [B][C@@H]1O[C@@]2(CC)CCC1[C@H]2C.[B][C@@H]1O[C@@]2(CC)CCOC1[C@H]2C.[B][C@@H]1O[C@@]2(CC)COC1[C@H]2C.[B][C@@H]1O[C@@]2(CC)CSC1[C@H]2C.[B][C@@H]1O[C@]2(CC)COC1[C@@H]2C. The van der Waals surface area contributed by atoms with Gasteiger partial charge >= 0.3 is 0 Å². The smallest absolute Gasteiger partial charge is 0.112 e. The van der Waals surface area contributed by atoms with Crippen molar-refractivity contribution in [2.75, 3.05) is 25.6 Å². The molecular weight excluding hydrogens is 719 g/mol. The Morgan fingerprint density at radius 3 is 1.16 bits per heavy atom. The van der Waals surface area contributed by atoms with Crippen LogP contribution in [0.5, 0.6) is 0 Å². The van der Waals surface area contributed by atoms with E-state index in [0.717, 1.165) is 64.1 Å². The Hall–Kier alpha value is 0.355. The number of thioether (sulfide) groups is 1. The number of ether oxygens (including phenoxy) is 8. The van der Waals surface area contributed by atoms with Gasteiger partial charge in [-0.05, 0) is 62.7 Å². The van der Waals surface area contributed by atoms with Crippen molar-refractivity contribution < 1.29 is 37.9 Å². The summed E-state index contributed by atoms with van der Waals surface area (Å²) < 4.78 is 45.3. The van der Waals surface area contributed by atoms with Crippen LogP contribution in [0.15, 0.2) is 0 Å². The van der Waals surface area contributed by atoms with Gasteiger partial charge in [0.1, 0.15) is 39.2 Å². The van der Waals surface area contributed by atoms with Crippen LogP contribution in [0.4, 0.5) is 0 Å². The Bertz CT molecular complexity index is 1180. The van der Waals surface area contributed by atoms with Crippen molar-refractivity contribution in [3.63, 3.8) is 0 Å². The van der Waals surface area contributed by atoms with Gasteiger partial charge in [0.05, 0.1) is 59.5 Å². The predicted molar refractivity (Wildman–Crippen MR) is 227 cm³/mol. The van der Waals surface area contributed by atoms with Crippen LogP contribution in [0.25, 0.3) is 0 Å². The zero-order valence-corrected chi connectivity index (χ0v) is 37.0. The number of hydrogen-bond donors (Lipinski definition) is 0. The van der Waals surface area contributed by atoms with Gasteiger partial charge in [-0.15, -0.1) is 0 Å². The molecule has 9 saturated heterocycles.